The molecule has 0 aliphatic carbocycles. The van der Waals surface area contributed by atoms with Gasteiger partial charge >= 0.3 is 29.2 Å². The number of benzene rings is 1. The number of carbonyl (C=O) groups is 1. The highest BCUT2D eigenvalue weighted by atomic mass is 32.2. The quantitative estimate of drug-likeness (QED) is 0.524. The number of halogens is 9. The van der Waals surface area contributed by atoms with Crippen molar-refractivity contribution in [3.63, 3.8) is 0 Å². The van der Waals surface area contributed by atoms with Crippen LogP contribution in [0.1, 0.15) is 19.4 Å². The molecular weight excluding hydrogens is 473 g/mol. The third-order valence-electron chi connectivity index (χ3n) is 4.12. The summed E-state index contributed by atoms with van der Waals surface area (Å²) in [7, 11) is -7.10. The standard InChI is InChI=1S/C16H16F9NO4S/c1-9(2)11(12(27)28)26(8-10-6-4-3-5-7-10)31(29,30)16(24,25)14(19,20)13(17,18)15(21,22)23/h3-7,9,11H,8H2,1-2H3,(H,27,28)/t11-/m0/s1. The predicted octanol–water partition coefficient (Wildman–Crippen LogP) is 4.35. The zero-order chi connectivity index (χ0) is 24.6. The number of hydrogen-bond donors (Lipinski definition) is 1. The van der Waals surface area contributed by atoms with Gasteiger partial charge in [0.2, 0.25) is 0 Å². The van der Waals surface area contributed by atoms with Gasteiger partial charge in [0.05, 0.1) is 0 Å². The van der Waals surface area contributed by atoms with Crippen LogP contribution in [0.5, 0.6) is 0 Å². The largest absolute Gasteiger partial charge is 0.480 e. The molecule has 1 atom stereocenters. The lowest BCUT2D eigenvalue weighted by atomic mass is 10.0. The summed E-state index contributed by atoms with van der Waals surface area (Å²) in [5, 5.41) is 2.22. The van der Waals surface area contributed by atoms with Crippen LogP contribution in [0.2, 0.25) is 0 Å². The maximum atomic E-state index is 14.3. The Labute approximate surface area is 170 Å². The minimum atomic E-state index is -7.47. The van der Waals surface area contributed by atoms with E-state index in [2.05, 4.69) is 0 Å². The molecule has 0 saturated carbocycles. The molecule has 1 N–H and O–H groups in total. The van der Waals surface area contributed by atoms with Gasteiger partial charge in [-0.15, -0.1) is 0 Å². The molecule has 0 radical (unpaired) electrons. The highest BCUT2D eigenvalue weighted by Crippen LogP contribution is 2.55. The summed E-state index contributed by atoms with van der Waals surface area (Å²) in [6.07, 6.45) is -7.23. The van der Waals surface area contributed by atoms with Crippen LogP contribution < -0.4 is 0 Å². The second-order valence-corrected chi connectivity index (χ2v) is 8.66. The van der Waals surface area contributed by atoms with Crippen molar-refractivity contribution in [3.8, 4) is 0 Å². The number of nitrogens with zero attached hydrogens (tertiary/aromatic N) is 1. The lowest BCUT2D eigenvalue weighted by Crippen LogP contribution is -2.66. The van der Waals surface area contributed by atoms with Crippen molar-refractivity contribution in [1.29, 1.82) is 0 Å². The summed E-state index contributed by atoms with van der Waals surface area (Å²) >= 11 is 0. The Kier molecular flexibility index (Phi) is 7.39. The van der Waals surface area contributed by atoms with Crippen LogP contribution in [0.15, 0.2) is 30.3 Å². The summed E-state index contributed by atoms with van der Waals surface area (Å²) in [6, 6.07) is 3.48. The molecule has 0 heterocycles. The first kappa shape index (κ1) is 27.0. The summed E-state index contributed by atoms with van der Waals surface area (Å²) in [6.45, 7) is 0.668. The van der Waals surface area contributed by atoms with E-state index in [4.69, 9.17) is 0 Å². The van der Waals surface area contributed by atoms with Gasteiger partial charge in [0.15, 0.2) is 0 Å². The molecule has 178 valence electrons. The number of hydrogen-bond acceptors (Lipinski definition) is 3. The minimum Gasteiger partial charge on any atom is -0.480 e. The van der Waals surface area contributed by atoms with Gasteiger partial charge in [-0.1, -0.05) is 44.2 Å². The number of alkyl halides is 9. The molecule has 0 spiro atoms. The number of carboxylic acid groups (broad SMARTS) is 1. The normalized spacial score (nSPS) is 15.4. The van der Waals surface area contributed by atoms with Gasteiger partial charge in [0.1, 0.15) is 6.04 Å². The zero-order valence-corrected chi connectivity index (χ0v) is 16.5. The van der Waals surface area contributed by atoms with Crippen molar-refractivity contribution in [2.24, 2.45) is 5.92 Å². The van der Waals surface area contributed by atoms with E-state index in [1.54, 1.807) is 0 Å². The first-order valence-corrected chi connectivity index (χ1v) is 9.65. The lowest BCUT2D eigenvalue weighted by Gasteiger charge is -2.38. The second kappa shape index (κ2) is 8.48. The molecule has 0 amide bonds. The molecule has 0 saturated heterocycles. The molecule has 0 aliphatic rings. The fraction of sp³-hybridized carbons (Fsp3) is 0.562. The molecule has 1 aromatic carbocycles. The topological polar surface area (TPSA) is 74.7 Å². The maximum Gasteiger partial charge on any atom is 0.460 e. The number of sulfonamides is 1. The van der Waals surface area contributed by atoms with Gasteiger partial charge in [0, 0.05) is 6.54 Å². The SMILES string of the molecule is CC(C)[C@@H](C(=O)O)N(Cc1ccccc1)S(=O)(=O)C(F)(F)C(F)(F)C(F)(F)C(F)(F)F. The van der Waals surface area contributed by atoms with Crippen LogP contribution in [0, 0.1) is 5.92 Å². The molecular formula is C16H16F9NO4S. The van der Waals surface area contributed by atoms with Crippen molar-refractivity contribution < 1.29 is 57.8 Å². The Bertz CT molecular complexity index is 886. The van der Waals surface area contributed by atoms with Crippen LogP contribution in [0.3, 0.4) is 0 Å². The zero-order valence-electron chi connectivity index (χ0n) is 15.7. The molecule has 0 bridgehead atoms. The molecule has 15 heteroatoms. The highest BCUT2D eigenvalue weighted by molar-refractivity contribution is 7.90. The fourth-order valence-corrected chi connectivity index (χ4v) is 4.21. The Hall–Kier alpha value is -2.03. The molecule has 5 nitrogen and oxygen atoms in total. The first-order chi connectivity index (χ1) is 13.7. The number of aliphatic carboxylic acids is 1. The van der Waals surface area contributed by atoms with Gasteiger partial charge in [-0.3, -0.25) is 4.79 Å². The van der Waals surface area contributed by atoms with Gasteiger partial charge < -0.3 is 5.11 Å². The maximum absolute atomic E-state index is 14.3. The van der Waals surface area contributed by atoms with E-state index >= 15 is 0 Å². The van der Waals surface area contributed by atoms with Gasteiger partial charge in [-0.05, 0) is 11.5 Å². The average Bonchev–Trinajstić information content (AvgIpc) is 2.59. The molecule has 0 aromatic heterocycles. The number of rotatable bonds is 9. The van der Waals surface area contributed by atoms with E-state index < -0.39 is 62.1 Å². The monoisotopic (exact) mass is 489 g/mol. The first-order valence-electron chi connectivity index (χ1n) is 8.21. The Morgan fingerprint density at radius 1 is 0.935 bits per heavy atom. The predicted molar refractivity (Wildman–Crippen MR) is 88.1 cm³/mol. The molecule has 31 heavy (non-hydrogen) atoms. The van der Waals surface area contributed by atoms with Crippen molar-refractivity contribution in [2.45, 2.75) is 49.7 Å². The third kappa shape index (κ3) is 4.61. The van der Waals surface area contributed by atoms with E-state index in [1.165, 1.54) is 18.2 Å². The van der Waals surface area contributed by atoms with Crippen LogP contribution >= 0.6 is 0 Å². The summed E-state index contributed by atoms with van der Waals surface area (Å²) in [5.74, 6) is -18.4. The van der Waals surface area contributed by atoms with Gasteiger partial charge in [-0.2, -0.15) is 43.8 Å². The minimum absolute atomic E-state index is 0.223. The van der Waals surface area contributed by atoms with Crippen LogP contribution in [-0.4, -0.2) is 53.1 Å². The van der Waals surface area contributed by atoms with Gasteiger partial charge in [-0.25, -0.2) is 8.42 Å². The average molecular weight is 489 g/mol. The molecule has 0 unspecified atom stereocenters. The highest BCUT2D eigenvalue weighted by Gasteiger charge is 2.86. The molecule has 1 aromatic rings. The van der Waals surface area contributed by atoms with Crippen LogP contribution in [0.25, 0.3) is 0 Å². The Morgan fingerprint density at radius 2 is 1.39 bits per heavy atom. The van der Waals surface area contributed by atoms with E-state index in [-0.39, 0.29) is 5.56 Å². The van der Waals surface area contributed by atoms with Crippen molar-refractivity contribution in [2.75, 3.05) is 0 Å². The van der Waals surface area contributed by atoms with Crippen LogP contribution in [-0.2, 0) is 21.4 Å². The second-order valence-electron chi connectivity index (χ2n) is 6.73. The Balaban J connectivity index is 3.73. The summed E-state index contributed by atoms with van der Waals surface area (Å²) in [5.41, 5.74) is -0.223. The third-order valence-corrected chi connectivity index (χ3v) is 6.00. The van der Waals surface area contributed by atoms with Gasteiger partial charge in [0.25, 0.3) is 10.0 Å². The summed E-state index contributed by atoms with van der Waals surface area (Å²) in [4.78, 5) is 11.5. The fourth-order valence-electron chi connectivity index (χ4n) is 2.51. The summed E-state index contributed by atoms with van der Waals surface area (Å²) < 4.78 is 144. The molecule has 0 fully saturated rings. The number of carboxylic acids is 1. The van der Waals surface area contributed by atoms with Crippen molar-refractivity contribution in [3.05, 3.63) is 35.9 Å². The van der Waals surface area contributed by atoms with Crippen LogP contribution in [0.4, 0.5) is 39.5 Å². The van der Waals surface area contributed by atoms with E-state index in [0.29, 0.717) is 0 Å². The van der Waals surface area contributed by atoms with E-state index in [1.807, 2.05) is 0 Å². The lowest BCUT2D eigenvalue weighted by molar-refractivity contribution is -0.382. The molecule has 0 aliphatic heterocycles. The van der Waals surface area contributed by atoms with Crippen molar-refractivity contribution in [1.82, 2.24) is 4.31 Å². The molecule has 1 rings (SSSR count). The van der Waals surface area contributed by atoms with Crippen molar-refractivity contribution >= 4 is 16.0 Å². The Morgan fingerprint density at radius 3 is 1.74 bits per heavy atom. The smallest absolute Gasteiger partial charge is 0.460 e. The van der Waals surface area contributed by atoms with E-state index in [0.717, 1.165) is 26.0 Å². The van der Waals surface area contributed by atoms with E-state index in [9.17, 15) is 57.8 Å².